The van der Waals surface area contributed by atoms with Gasteiger partial charge in [-0.25, -0.2) is 0 Å². The summed E-state index contributed by atoms with van der Waals surface area (Å²) in [5.74, 6) is 1.25. The van der Waals surface area contributed by atoms with Gasteiger partial charge in [0.2, 0.25) is 0 Å². The average Bonchev–Trinajstić information content (AvgIpc) is 3.20. The Bertz CT molecular complexity index is 1040. The number of esters is 1. The molecule has 1 aliphatic rings. The lowest BCUT2D eigenvalue weighted by molar-refractivity contribution is -0.142. The normalized spacial score (nSPS) is 16.3. The smallest absolute Gasteiger partial charge is 0.319 e. The lowest BCUT2D eigenvalue weighted by Gasteiger charge is -2.37. The summed E-state index contributed by atoms with van der Waals surface area (Å²) in [5.41, 5.74) is 4.88. The minimum atomic E-state index is -0.212. The molecule has 2 heterocycles. The summed E-state index contributed by atoms with van der Waals surface area (Å²) in [6, 6.07) is 12.6. The summed E-state index contributed by atoms with van der Waals surface area (Å²) in [5, 5.41) is 1.25. The first-order valence-corrected chi connectivity index (χ1v) is 10.2. The molecular formula is C24H28N2O4. The van der Waals surface area contributed by atoms with Crippen LogP contribution in [-0.2, 0) is 22.4 Å². The van der Waals surface area contributed by atoms with Gasteiger partial charge in [-0.1, -0.05) is 18.2 Å². The van der Waals surface area contributed by atoms with Gasteiger partial charge in [0, 0.05) is 29.7 Å². The van der Waals surface area contributed by atoms with Crippen LogP contribution in [0.3, 0.4) is 0 Å². The highest BCUT2D eigenvalue weighted by molar-refractivity contribution is 5.83. The third kappa shape index (κ3) is 3.87. The van der Waals surface area contributed by atoms with Crippen LogP contribution < -0.4 is 9.47 Å². The Morgan fingerprint density at radius 1 is 1.13 bits per heavy atom. The summed E-state index contributed by atoms with van der Waals surface area (Å²) < 4.78 is 16.0. The molecule has 1 aromatic heterocycles. The van der Waals surface area contributed by atoms with Crippen LogP contribution in [0, 0.1) is 0 Å². The van der Waals surface area contributed by atoms with E-state index in [0.717, 1.165) is 37.1 Å². The van der Waals surface area contributed by atoms with Crippen LogP contribution in [0.4, 0.5) is 0 Å². The Labute approximate surface area is 176 Å². The first-order chi connectivity index (χ1) is 14.6. The third-order valence-corrected chi connectivity index (χ3v) is 6.04. The van der Waals surface area contributed by atoms with E-state index >= 15 is 0 Å². The van der Waals surface area contributed by atoms with Crippen molar-refractivity contribution in [2.75, 3.05) is 34.4 Å². The monoisotopic (exact) mass is 408 g/mol. The maximum atomic E-state index is 12.1. The molecule has 0 radical (unpaired) electrons. The molecule has 1 N–H and O–H groups in total. The van der Waals surface area contributed by atoms with E-state index in [-0.39, 0.29) is 18.6 Å². The molecule has 0 spiro atoms. The van der Waals surface area contributed by atoms with Crippen LogP contribution in [0.5, 0.6) is 11.5 Å². The van der Waals surface area contributed by atoms with Crippen molar-refractivity contribution >= 4 is 16.9 Å². The third-order valence-electron chi connectivity index (χ3n) is 6.04. The molecule has 30 heavy (non-hydrogen) atoms. The molecule has 0 aliphatic carbocycles. The second-order valence-electron chi connectivity index (χ2n) is 7.62. The van der Waals surface area contributed by atoms with Crippen molar-refractivity contribution in [2.45, 2.75) is 25.3 Å². The first-order valence-electron chi connectivity index (χ1n) is 10.2. The Kier molecular flexibility index (Phi) is 5.95. The number of fused-ring (bicyclic) bond motifs is 2. The number of aromatic nitrogens is 1. The van der Waals surface area contributed by atoms with Gasteiger partial charge in [0.25, 0.3) is 0 Å². The lowest BCUT2D eigenvalue weighted by atomic mass is 9.88. The van der Waals surface area contributed by atoms with Crippen LogP contribution in [0.1, 0.15) is 29.2 Å². The largest absolute Gasteiger partial charge is 0.493 e. The minimum Gasteiger partial charge on any atom is -0.493 e. The molecule has 0 unspecified atom stereocenters. The number of hydrogen-bond donors (Lipinski definition) is 1. The molecule has 0 fully saturated rings. The SMILES string of the molecule is COC(=O)CN1CCc2cc(OC)c(OC)cc2[C@@H]1CCc1c[nH]c2ccccc12. The second kappa shape index (κ2) is 8.79. The van der Waals surface area contributed by atoms with Gasteiger partial charge in [0.15, 0.2) is 11.5 Å². The van der Waals surface area contributed by atoms with E-state index in [0.29, 0.717) is 5.75 Å². The number of methoxy groups -OCH3 is 3. The Morgan fingerprint density at radius 3 is 2.67 bits per heavy atom. The lowest BCUT2D eigenvalue weighted by Crippen LogP contribution is -2.39. The minimum absolute atomic E-state index is 0.0984. The molecule has 158 valence electrons. The first kappa shape index (κ1) is 20.3. The topological polar surface area (TPSA) is 63.8 Å². The van der Waals surface area contributed by atoms with Crippen molar-refractivity contribution in [1.82, 2.24) is 9.88 Å². The van der Waals surface area contributed by atoms with Gasteiger partial charge in [-0.05, 0) is 54.2 Å². The van der Waals surface area contributed by atoms with Crippen LogP contribution >= 0.6 is 0 Å². The highest BCUT2D eigenvalue weighted by Gasteiger charge is 2.30. The van der Waals surface area contributed by atoms with E-state index in [1.807, 2.05) is 6.07 Å². The molecule has 0 amide bonds. The molecule has 6 heteroatoms. The molecule has 2 aromatic carbocycles. The number of carbonyl (C=O) groups excluding carboxylic acids is 1. The van der Waals surface area contributed by atoms with E-state index in [2.05, 4.69) is 46.4 Å². The number of para-hydroxylation sites is 1. The van der Waals surface area contributed by atoms with E-state index in [1.165, 1.54) is 29.2 Å². The fraction of sp³-hybridized carbons (Fsp3) is 0.375. The maximum Gasteiger partial charge on any atom is 0.319 e. The number of nitrogens with one attached hydrogen (secondary N) is 1. The number of hydrogen-bond acceptors (Lipinski definition) is 5. The van der Waals surface area contributed by atoms with Crippen LogP contribution in [0.2, 0.25) is 0 Å². The quantitative estimate of drug-likeness (QED) is 0.601. The van der Waals surface area contributed by atoms with Crippen molar-refractivity contribution in [3.63, 3.8) is 0 Å². The average molecular weight is 408 g/mol. The number of rotatable bonds is 7. The van der Waals surface area contributed by atoms with Crippen LogP contribution in [-0.4, -0.2) is 50.3 Å². The van der Waals surface area contributed by atoms with Crippen molar-refractivity contribution in [3.8, 4) is 11.5 Å². The van der Waals surface area contributed by atoms with Gasteiger partial charge in [-0.2, -0.15) is 0 Å². The van der Waals surface area contributed by atoms with Crippen molar-refractivity contribution in [1.29, 1.82) is 0 Å². The molecule has 1 aliphatic heterocycles. The Hall–Kier alpha value is -2.99. The standard InChI is InChI=1S/C24H28N2O4/c1-28-22-12-16-10-11-26(15-24(27)30-3)21(19(16)13-23(22)29-2)9-8-17-14-25-20-7-5-4-6-18(17)20/h4-7,12-14,21,25H,8-11,15H2,1-3H3/t21-/m0/s1. The number of ether oxygens (including phenoxy) is 3. The van der Waals surface area contributed by atoms with E-state index in [9.17, 15) is 4.79 Å². The summed E-state index contributed by atoms with van der Waals surface area (Å²) in [7, 11) is 4.75. The highest BCUT2D eigenvalue weighted by atomic mass is 16.5. The number of nitrogens with zero attached hydrogens (tertiary/aromatic N) is 1. The van der Waals surface area contributed by atoms with E-state index in [1.54, 1.807) is 14.2 Å². The molecule has 0 bridgehead atoms. The summed E-state index contributed by atoms with van der Waals surface area (Å²) in [6.45, 7) is 1.08. The number of H-pyrrole nitrogens is 1. The molecule has 0 saturated carbocycles. The van der Waals surface area contributed by atoms with E-state index < -0.39 is 0 Å². The number of aromatic amines is 1. The molecule has 1 atom stereocenters. The van der Waals surface area contributed by atoms with Crippen molar-refractivity contribution in [3.05, 3.63) is 59.3 Å². The van der Waals surface area contributed by atoms with Gasteiger partial charge < -0.3 is 19.2 Å². The van der Waals surface area contributed by atoms with Crippen LogP contribution in [0.25, 0.3) is 10.9 Å². The van der Waals surface area contributed by atoms with Crippen molar-refractivity contribution < 1.29 is 19.0 Å². The second-order valence-corrected chi connectivity index (χ2v) is 7.62. The number of carbonyl (C=O) groups is 1. The van der Waals surface area contributed by atoms with E-state index in [4.69, 9.17) is 14.2 Å². The fourth-order valence-corrected chi connectivity index (χ4v) is 4.47. The maximum absolute atomic E-state index is 12.1. The predicted molar refractivity (Wildman–Crippen MR) is 116 cm³/mol. The van der Waals surface area contributed by atoms with Gasteiger partial charge in [-0.15, -0.1) is 0 Å². The predicted octanol–water partition coefficient (Wildman–Crippen LogP) is 3.89. The molecule has 0 saturated heterocycles. The fourth-order valence-electron chi connectivity index (χ4n) is 4.47. The summed E-state index contributed by atoms with van der Waals surface area (Å²) in [6.07, 6.45) is 4.74. The van der Waals surface area contributed by atoms with Crippen molar-refractivity contribution in [2.24, 2.45) is 0 Å². The zero-order valence-corrected chi connectivity index (χ0v) is 17.7. The van der Waals surface area contributed by atoms with Gasteiger partial charge >= 0.3 is 5.97 Å². The molecule has 6 nitrogen and oxygen atoms in total. The zero-order chi connectivity index (χ0) is 21.1. The molecule has 3 aromatic rings. The van der Waals surface area contributed by atoms with Gasteiger partial charge in [0.1, 0.15) is 0 Å². The Balaban J connectivity index is 1.66. The van der Waals surface area contributed by atoms with Gasteiger partial charge in [0.05, 0.1) is 27.9 Å². The Morgan fingerprint density at radius 2 is 1.90 bits per heavy atom. The summed E-state index contributed by atoms with van der Waals surface area (Å²) >= 11 is 0. The molecule has 4 rings (SSSR count). The molecular weight excluding hydrogens is 380 g/mol. The van der Waals surface area contributed by atoms with Crippen LogP contribution in [0.15, 0.2) is 42.6 Å². The number of aryl methyl sites for hydroxylation is 1. The number of benzene rings is 2. The summed E-state index contributed by atoms with van der Waals surface area (Å²) in [4.78, 5) is 17.6. The zero-order valence-electron chi connectivity index (χ0n) is 17.7. The van der Waals surface area contributed by atoms with Gasteiger partial charge in [-0.3, -0.25) is 9.69 Å². The highest BCUT2D eigenvalue weighted by Crippen LogP contribution is 2.40.